The molecule has 1 aliphatic carbocycles. The van der Waals surface area contributed by atoms with Crippen LogP contribution >= 0.6 is 0 Å². The van der Waals surface area contributed by atoms with Crippen molar-refractivity contribution < 1.29 is 19.1 Å². The molecule has 1 aromatic heterocycles. The maximum absolute atomic E-state index is 11.3. The lowest BCUT2D eigenvalue weighted by Gasteiger charge is -2.05. The highest BCUT2D eigenvalue weighted by atomic mass is 16.4. The summed E-state index contributed by atoms with van der Waals surface area (Å²) in [5.74, 6) is -0.270. The Hall–Kier alpha value is -1.82. The van der Waals surface area contributed by atoms with E-state index < -0.39 is 5.97 Å². The number of rotatable bonds is 7. The molecule has 1 fully saturated rings. The van der Waals surface area contributed by atoms with E-state index in [1.165, 1.54) is 12.3 Å². The Kier molecular flexibility index (Phi) is 3.99. The molecule has 6 heteroatoms. The third kappa shape index (κ3) is 3.33. The first-order chi connectivity index (χ1) is 8.68. The first-order valence-electron chi connectivity index (χ1n) is 5.96. The summed E-state index contributed by atoms with van der Waals surface area (Å²) < 4.78 is 5.07. The molecule has 1 amide bonds. The smallest absolute Gasteiger partial charge is 0.339 e. The van der Waals surface area contributed by atoms with Crippen molar-refractivity contribution >= 4 is 11.9 Å². The molecule has 2 rings (SSSR count). The molecule has 98 valence electrons. The molecule has 0 aromatic carbocycles. The van der Waals surface area contributed by atoms with E-state index in [1.54, 1.807) is 0 Å². The third-order valence-corrected chi connectivity index (χ3v) is 2.81. The molecule has 1 aromatic rings. The van der Waals surface area contributed by atoms with Crippen LogP contribution in [0, 0.1) is 5.92 Å². The largest absolute Gasteiger partial charge is 0.478 e. The number of carbonyl (C=O) groups is 2. The molecule has 0 aliphatic heterocycles. The summed E-state index contributed by atoms with van der Waals surface area (Å²) in [4.78, 5) is 22.1. The second-order valence-electron chi connectivity index (χ2n) is 4.30. The fraction of sp³-hybridized carbons (Fsp3) is 0.500. The van der Waals surface area contributed by atoms with Crippen molar-refractivity contribution in [2.75, 3.05) is 13.1 Å². The lowest BCUT2D eigenvalue weighted by Crippen LogP contribution is -2.32. The van der Waals surface area contributed by atoms with Crippen LogP contribution in [0.15, 0.2) is 16.7 Å². The van der Waals surface area contributed by atoms with Crippen LogP contribution < -0.4 is 10.6 Å². The van der Waals surface area contributed by atoms with Gasteiger partial charge < -0.3 is 20.2 Å². The number of hydrogen-bond acceptors (Lipinski definition) is 4. The minimum Gasteiger partial charge on any atom is -0.478 e. The van der Waals surface area contributed by atoms with Gasteiger partial charge in [-0.15, -0.1) is 0 Å². The van der Waals surface area contributed by atoms with Gasteiger partial charge in [0.1, 0.15) is 11.3 Å². The first-order valence-corrected chi connectivity index (χ1v) is 5.96. The van der Waals surface area contributed by atoms with Crippen molar-refractivity contribution in [3.05, 3.63) is 23.7 Å². The predicted octanol–water partition coefficient (Wildman–Crippen LogP) is 0.594. The van der Waals surface area contributed by atoms with Crippen LogP contribution in [0.25, 0.3) is 0 Å². The summed E-state index contributed by atoms with van der Waals surface area (Å²) in [6, 6.07) is 1.42. The molecule has 3 N–H and O–H groups in total. The quantitative estimate of drug-likeness (QED) is 0.618. The van der Waals surface area contributed by atoms with Crippen molar-refractivity contribution in [2.45, 2.75) is 19.4 Å². The minimum absolute atomic E-state index is 0.112. The van der Waals surface area contributed by atoms with Crippen molar-refractivity contribution in [1.82, 2.24) is 10.6 Å². The van der Waals surface area contributed by atoms with Gasteiger partial charge in [0.25, 0.3) is 0 Å². The minimum atomic E-state index is -0.998. The molecule has 0 bridgehead atoms. The van der Waals surface area contributed by atoms with Crippen LogP contribution in [0.2, 0.25) is 0 Å². The van der Waals surface area contributed by atoms with E-state index in [0.717, 1.165) is 12.8 Å². The highest BCUT2D eigenvalue weighted by Crippen LogP contribution is 2.28. The molecular weight excluding hydrogens is 236 g/mol. The Labute approximate surface area is 104 Å². The van der Waals surface area contributed by atoms with E-state index in [1.807, 2.05) is 0 Å². The standard InChI is InChI=1S/C12H16N2O4/c15-11(8-1-2-8)14-5-4-13-7-10-9(12(16)17)3-6-18-10/h3,6,8,13H,1-2,4-5,7H2,(H,14,15)(H,16,17). The topological polar surface area (TPSA) is 91.6 Å². The summed E-state index contributed by atoms with van der Waals surface area (Å²) in [6.45, 7) is 1.46. The first kappa shape index (κ1) is 12.6. The van der Waals surface area contributed by atoms with Gasteiger partial charge in [-0.05, 0) is 18.9 Å². The predicted molar refractivity (Wildman–Crippen MR) is 63.1 cm³/mol. The van der Waals surface area contributed by atoms with Crippen molar-refractivity contribution in [3.8, 4) is 0 Å². The number of carboxylic acids is 1. The molecule has 0 saturated heterocycles. The summed E-state index contributed by atoms with van der Waals surface area (Å²) in [5, 5.41) is 14.7. The van der Waals surface area contributed by atoms with Gasteiger partial charge in [0.15, 0.2) is 0 Å². The molecule has 0 atom stereocenters. The summed E-state index contributed by atoms with van der Waals surface area (Å²) >= 11 is 0. The molecule has 18 heavy (non-hydrogen) atoms. The molecule has 1 saturated carbocycles. The van der Waals surface area contributed by atoms with Crippen molar-refractivity contribution in [1.29, 1.82) is 0 Å². The normalized spacial score (nSPS) is 14.4. The number of hydrogen-bond donors (Lipinski definition) is 3. The van der Waals surface area contributed by atoms with E-state index in [0.29, 0.717) is 25.4 Å². The van der Waals surface area contributed by atoms with E-state index in [4.69, 9.17) is 9.52 Å². The zero-order chi connectivity index (χ0) is 13.0. The fourth-order valence-electron chi connectivity index (χ4n) is 1.63. The Morgan fingerprint density at radius 3 is 2.83 bits per heavy atom. The third-order valence-electron chi connectivity index (χ3n) is 2.81. The van der Waals surface area contributed by atoms with Gasteiger partial charge in [0.05, 0.1) is 12.8 Å². The average molecular weight is 252 g/mol. The van der Waals surface area contributed by atoms with Gasteiger partial charge in [0.2, 0.25) is 5.91 Å². The van der Waals surface area contributed by atoms with Crippen LogP contribution in [-0.4, -0.2) is 30.1 Å². The molecule has 0 unspecified atom stereocenters. The van der Waals surface area contributed by atoms with E-state index in [2.05, 4.69) is 10.6 Å². The Morgan fingerprint density at radius 2 is 2.17 bits per heavy atom. The maximum Gasteiger partial charge on any atom is 0.339 e. The highest BCUT2D eigenvalue weighted by Gasteiger charge is 2.28. The SMILES string of the molecule is O=C(O)c1ccoc1CNCCNC(=O)C1CC1. The Balaban J connectivity index is 1.64. The van der Waals surface area contributed by atoms with E-state index in [-0.39, 0.29) is 17.4 Å². The van der Waals surface area contributed by atoms with Crippen LogP contribution in [0.5, 0.6) is 0 Å². The van der Waals surface area contributed by atoms with Gasteiger partial charge in [-0.1, -0.05) is 0 Å². The van der Waals surface area contributed by atoms with Crippen molar-refractivity contribution in [3.63, 3.8) is 0 Å². The second-order valence-corrected chi connectivity index (χ2v) is 4.30. The number of carbonyl (C=O) groups excluding carboxylic acids is 1. The van der Waals surface area contributed by atoms with Gasteiger partial charge in [-0.3, -0.25) is 4.79 Å². The molecule has 1 heterocycles. The van der Waals surface area contributed by atoms with Crippen LogP contribution in [-0.2, 0) is 11.3 Å². The number of nitrogens with one attached hydrogen (secondary N) is 2. The molecule has 0 spiro atoms. The molecular formula is C12H16N2O4. The fourth-order valence-corrected chi connectivity index (χ4v) is 1.63. The number of amides is 1. The lowest BCUT2D eigenvalue weighted by molar-refractivity contribution is -0.122. The number of furan rings is 1. The van der Waals surface area contributed by atoms with Crippen LogP contribution in [0.3, 0.4) is 0 Å². The molecule has 1 aliphatic rings. The van der Waals surface area contributed by atoms with Gasteiger partial charge in [0, 0.05) is 19.0 Å². The number of aromatic carboxylic acids is 1. The number of carboxylic acid groups (broad SMARTS) is 1. The lowest BCUT2D eigenvalue weighted by atomic mass is 10.2. The Bertz CT molecular complexity index is 437. The highest BCUT2D eigenvalue weighted by molar-refractivity contribution is 5.88. The Morgan fingerprint density at radius 1 is 1.39 bits per heavy atom. The zero-order valence-electron chi connectivity index (χ0n) is 9.94. The monoisotopic (exact) mass is 252 g/mol. The van der Waals surface area contributed by atoms with Crippen LogP contribution in [0.4, 0.5) is 0 Å². The summed E-state index contributed by atoms with van der Waals surface area (Å²) in [6.07, 6.45) is 3.34. The van der Waals surface area contributed by atoms with E-state index >= 15 is 0 Å². The van der Waals surface area contributed by atoms with Gasteiger partial charge >= 0.3 is 5.97 Å². The van der Waals surface area contributed by atoms with Gasteiger partial charge in [-0.2, -0.15) is 0 Å². The summed E-state index contributed by atoms with van der Waals surface area (Å²) in [5.41, 5.74) is 0.171. The van der Waals surface area contributed by atoms with E-state index in [9.17, 15) is 9.59 Å². The second kappa shape index (κ2) is 5.68. The van der Waals surface area contributed by atoms with Gasteiger partial charge in [-0.25, -0.2) is 4.79 Å². The average Bonchev–Trinajstić information content (AvgIpc) is 3.08. The van der Waals surface area contributed by atoms with Crippen molar-refractivity contribution in [2.24, 2.45) is 5.92 Å². The molecule has 6 nitrogen and oxygen atoms in total. The van der Waals surface area contributed by atoms with Crippen LogP contribution in [0.1, 0.15) is 29.0 Å². The zero-order valence-corrected chi connectivity index (χ0v) is 9.94. The molecule has 0 radical (unpaired) electrons. The maximum atomic E-state index is 11.3. The summed E-state index contributed by atoms with van der Waals surface area (Å²) in [7, 11) is 0.